The Kier molecular flexibility index (Phi) is 11.9. The normalized spacial score (nSPS) is 13.6. The van der Waals surface area contributed by atoms with Crippen LogP contribution in [0.4, 0.5) is 30.8 Å². The van der Waals surface area contributed by atoms with E-state index in [0.717, 1.165) is 5.56 Å². The fourth-order valence-electron chi connectivity index (χ4n) is 5.03. The van der Waals surface area contributed by atoms with E-state index >= 15 is 0 Å². The first-order valence-electron chi connectivity index (χ1n) is 15.9. The smallest absolute Gasteiger partial charge is 0.422 e. The van der Waals surface area contributed by atoms with Crippen molar-refractivity contribution in [2.24, 2.45) is 0 Å². The fourth-order valence-corrected chi connectivity index (χ4v) is 5.16. The van der Waals surface area contributed by atoms with Gasteiger partial charge in [-0.25, -0.2) is 9.78 Å². The van der Waals surface area contributed by atoms with Crippen molar-refractivity contribution in [3.05, 3.63) is 88.6 Å². The molecule has 1 aliphatic carbocycles. The molecular formula is C34H32ClF3N8O7. The van der Waals surface area contributed by atoms with Gasteiger partial charge in [0.05, 0.1) is 12.6 Å². The zero-order valence-electron chi connectivity index (χ0n) is 27.9. The van der Waals surface area contributed by atoms with Crippen LogP contribution in [0, 0.1) is 0 Å². The molecule has 2 aromatic heterocycles. The molecule has 5 N–H and O–H groups in total. The number of alkyl halides is 3. The number of aromatic nitrogens is 4. The first kappa shape index (κ1) is 38.2. The second kappa shape index (κ2) is 16.5. The minimum Gasteiger partial charge on any atom is -0.481 e. The van der Waals surface area contributed by atoms with Crippen molar-refractivity contribution < 1.29 is 46.9 Å². The summed E-state index contributed by atoms with van der Waals surface area (Å²) in [6.07, 6.45) is -2.29. The number of carbonyl (C=O) groups excluding carboxylic acids is 3. The molecule has 1 atom stereocenters. The van der Waals surface area contributed by atoms with Gasteiger partial charge in [0, 0.05) is 41.0 Å². The minimum atomic E-state index is -4.65. The molecule has 0 unspecified atom stereocenters. The van der Waals surface area contributed by atoms with Crippen molar-refractivity contribution in [1.82, 2.24) is 30.6 Å². The first-order valence-corrected chi connectivity index (χ1v) is 16.3. The van der Waals surface area contributed by atoms with E-state index in [0.29, 0.717) is 29.1 Å². The number of halogens is 4. The van der Waals surface area contributed by atoms with Crippen molar-refractivity contribution in [1.29, 1.82) is 0 Å². The summed E-state index contributed by atoms with van der Waals surface area (Å²) in [5.74, 6) is -3.86. The topological polar surface area (TPSA) is 207 Å². The molecule has 0 aliphatic heterocycles. The van der Waals surface area contributed by atoms with Crippen LogP contribution >= 0.6 is 11.6 Å². The molecule has 1 aliphatic rings. The van der Waals surface area contributed by atoms with Crippen LogP contribution in [-0.2, 0) is 26.3 Å². The second-order valence-electron chi connectivity index (χ2n) is 11.8. The number of Topliss-reactive ketones (excluding diaryl/α,β-unsaturated/α-hetero) is 1. The summed E-state index contributed by atoms with van der Waals surface area (Å²) in [5.41, 5.74) is 1.11. The molecule has 2 amide bonds. The number of nitrogens with zero attached hydrogens (tertiary/aromatic N) is 4. The largest absolute Gasteiger partial charge is 0.481 e. The molecule has 19 heteroatoms. The Morgan fingerprint density at radius 3 is 2.32 bits per heavy atom. The number of anilines is 3. The Labute approximate surface area is 304 Å². The van der Waals surface area contributed by atoms with Crippen molar-refractivity contribution in [3.63, 3.8) is 0 Å². The van der Waals surface area contributed by atoms with Crippen LogP contribution in [0.25, 0.3) is 0 Å². The number of ether oxygens (including phenoxy) is 2. The van der Waals surface area contributed by atoms with Crippen molar-refractivity contribution in [2.45, 2.75) is 43.4 Å². The van der Waals surface area contributed by atoms with Crippen molar-refractivity contribution in [3.8, 4) is 11.9 Å². The van der Waals surface area contributed by atoms with Gasteiger partial charge in [0.2, 0.25) is 23.6 Å². The van der Waals surface area contributed by atoms with Crippen molar-refractivity contribution >= 4 is 52.8 Å². The lowest BCUT2D eigenvalue weighted by Gasteiger charge is -2.19. The zero-order chi connectivity index (χ0) is 38.2. The number of amides is 2. The van der Waals surface area contributed by atoms with Crippen LogP contribution in [0.1, 0.15) is 40.7 Å². The Morgan fingerprint density at radius 2 is 1.68 bits per heavy atom. The second-order valence-corrected chi connectivity index (χ2v) is 12.2. The highest BCUT2D eigenvalue weighted by Gasteiger charge is 2.45. The maximum atomic E-state index is 12.9. The van der Waals surface area contributed by atoms with E-state index in [-0.39, 0.29) is 42.7 Å². The number of hydrogen-bond acceptors (Lipinski definition) is 12. The molecular weight excluding hydrogens is 725 g/mol. The summed E-state index contributed by atoms with van der Waals surface area (Å²) in [6.45, 7) is -1.86. The van der Waals surface area contributed by atoms with Gasteiger partial charge in [-0.15, -0.1) is 0 Å². The van der Waals surface area contributed by atoms with Gasteiger partial charge in [-0.2, -0.15) is 28.1 Å². The predicted molar refractivity (Wildman–Crippen MR) is 183 cm³/mol. The summed E-state index contributed by atoms with van der Waals surface area (Å²) in [4.78, 5) is 65.7. The lowest BCUT2D eigenvalue weighted by atomic mass is 10.1. The molecule has 0 saturated heterocycles. The van der Waals surface area contributed by atoms with E-state index in [1.165, 1.54) is 37.6 Å². The highest BCUT2D eigenvalue weighted by molar-refractivity contribution is 6.36. The van der Waals surface area contributed by atoms with Gasteiger partial charge in [0.15, 0.2) is 6.61 Å². The summed E-state index contributed by atoms with van der Waals surface area (Å²) in [5, 5.41) is 20.9. The predicted octanol–water partition coefficient (Wildman–Crippen LogP) is 4.22. The average molecular weight is 757 g/mol. The standard InChI is InChI=1S/C34H32ClF3N8O7/c1-52-28-20(3-2-15-40-28)17-25(47)27(49)39-16-12-24(29(50)51)42-26(48)19-4-10-23(11-5-19)41-30-43-31(45-32(44-30)53-18-34(36,37)38)46-33(13-14-33)21-6-8-22(35)9-7-21/h2-11,15,24H,12-14,16-18H2,1H3,(H,39,49)(H,42,48)(H,50,51)(H2,41,43,44,45,46)/t24-/m0/s1. The van der Waals surface area contributed by atoms with E-state index in [1.807, 2.05) is 12.1 Å². The van der Waals surface area contributed by atoms with E-state index in [9.17, 15) is 37.5 Å². The average Bonchev–Trinajstić information content (AvgIpc) is 3.90. The lowest BCUT2D eigenvalue weighted by molar-refractivity contribution is -0.154. The minimum absolute atomic E-state index is 0.0443. The number of carboxylic acids is 1. The number of carboxylic acid groups (broad SMARTS) is 1. The highest BCUT2D eigenvalue weighted by Crippen LogP contribution is 2.48. The number of rotatable bonds is 17. The maximum absolute atomic E-state index is 12.9. The lowest BCUT2D eigenvalue weighted by Crippen LogP contribution is -2.43. The third-order valence-corrected chi connectivity index (χ3v) is 8.10. The summed E-state index contributed by atoms with van der Waals surface area (Å²) in [7, 11) is 1.37. The highest BCUT2D eigenvalue weighted by atomic mass is 35.5. The molecule has 5 rings (SSSR count). The monoisotopic (exact) mass is 756 g/mol. The van der Waals surface area contributed by atoms with Gasteiger partial charge in [0.25, 0.3) is 11.8 Å². The molecule has 53 heavy (non-hydrogen) atoms. The zero-order valence-corrected chi connectivity index (χ0v) is 28.6. The van der Waals surface area contributed by atoms with E-state index in [1.54, 1.807) is 24.3 Å². The van der Waals surface area contributed by atoms with Crippen LogP contribution in [0.15, 0.2) is 66.9 Å². The van der Waals surface area contributed by atoms with Gasteiger partial charge in [-0.3, -0.25) is 14.4 Å². The van der Waals surface area contributed by atoms with E-state index < -0.39 is 53.9 Å². The molecule has 0 spiro atoms. The summed E-state index contributed by atoms with van der Waals surface area (Å²) < 4.78 is 48.7. The number of methoxy groups -OCH3 is 1. The van der Waals surface area contributed by atoms with Crippen LogP contribution in [0.3, 0.4) is 0 Å². The molecule has 0 bridgehead atoms. The molecule has 2 aromatic carbocycles. The van der Waals surface area contributed by atoms with Crippen LogP contribution in [-0.4, -0.2) is 81.1 Å². The number of nitrogens with one attached hydrogen (secondary N) is 4. The molecule has 1 fully saturated rings. The van der Waals surface area contributed by atoms with Crippen molar-refractivity contribution in [2.75, 3.05) is 30.9 Å². The Bertz CT molecular complexity index is 1960. The van der Waals surface area contributed by atoms with Gasteiger partial charge >= 0.3 is 18.2 Å². The number of aliphatic carboxylic acids is 1. The van der Waals surface area contributed by atoms with Crippen LogP contribution in [0.2, 0.25) is 5.02 Å². The van der Waals surface area contributed by atoms with Crippen LogP contribution in [0.5, 0.6) is 11.9 Å². The Morgan fingerprint density at radius 1 is 0.981 bits per heavy atom. The fraction of sp³-hybridized carbons (Fsp3) is 0.294. The quantitative estimate of drug-likeness (QED) is 0.0959. The molecule has 2 heterocycles. The summed E-state index contributed by atoms with van der Waals surface area (Å²) >= 11 is 6.01. The van der Waals surface area contributed by atoms with Gasteiger partial charge < -0.3 is 35.8 Å². The number of hydrogen-bond donors (Lipinski definition) is 5. The third kappa shape index (κ3) is 10.7. The number of carbonyl (C=O) groups is 4. The Hall–Kier alpha value is -6.04. The molecule has 4 aromatic rings. The number of pyridine rings is 1. The van der Waals surface area contributed by atoms with E-state index in [4.69, 9.17) is 21.1 Å². The molecule has 0 radical (unpaired) electrons. The summed E-state index contributed by atoms with van der Waals surface area (Å²) in [6, 6.07) is 13.9. The molecule has 278 valence electrons. The van der Waals surface area contributed by atoms with E-state index in [2.05, 4.69) is 41.2 Å². The number of benzene rings is 2. The van der Waals surface area contributed by atoms with Gasteiger partial charge in [-0.1, -0.05) is 29.8 Å². The molecule has 15 nitrogen and oxygen atoms in total. The van der Waals surface area contributed by atoms with Gasteiger partial charge in [0.1, 0.15) is 6.04 Å². The van der Waals surface area contributed by atoms with Gasteiger partial charge in [-0.05, 0) is 67.3 Å². The van der Waals surface area contributed by atoms with Crippen LogP contribution < -0.4 is 30.7 Å². The number of ketones is 1. The Balaban J connectivity index is 1.19. The molecule has 1 saturated carbocycles. The third-order valence-electron chi connectivity index (χ3n) is 7.85. The SMILES string of the molecule is COc1ncccc1CC(=O)C(=O)NCC[C@H](NC(=O)c1ccc(Nc2nc(NC3(c4ccc(Cl)cc4)CC3)nc(OCC(F)(F)F)n2)cc1)C(=O)O. The maximum Gasteiger partial charge on any atom is 0.422 e. The first-order chi connectivity index (χ1) is 25.2.